The van der Waals surface area contributed by atoms with Gasteiger partial charge in [-0.3, -0.25) is 9.59 Å². The zero-order chi connectivity index (χ0) is 13.6. The minimum atomic E-state index is -0.859. The molecule has 0 saturated heterocycles. The summed E-state index contributed by atoms with van der Waals surface area (Å²) in [6.45, 7) is 2.05. The van der Waals surface area contributed by atoms with Crippen molar-refractivity contribution in [1.29, 1.82) is 0 Å². The van der Waals surface area contributed by atoms with Crippen LogP contribution in [-0.2, 0) is 22.4 Å². The Kier molecular flexibility index (Phi) is 3.09. The van der Waals surface area contributed by atoms with Crippen molar-refractivity contribution < 1.29 is 14.7 Å². The number of rotatable bonds is 3. The fourth-order valence-electron chi connectivity index (χ4n) is 2.81. The molecule has 2 N–H and O–H groups in total. The first-order valence-corrected chi connectivity index (χ1v) is 7.54. The Morgan fingerprint density at radius 2 is 2.00 bits per heavy atom. The molecule has 1 aromatic heterocycles. The average Bonchev–Trinajstić information content (AvgIpc) is 3.13. The molecule has 5 heteroatoms. The minimum absolute atomic E-state index is 0.130. The van der Waals surface area contributed by atoms with Crippen LogP contribution in [0.2, 0.25) is 0 Å². The second-order valence-electron chi connectivity index (χ2n) is 5.44. The Hall–Kier alpha value is -1.36. The van der Waals surface area contributed by atoms with E-state index in [9.17, 15) is 9.59 Å². The van der Waals surface area contributed by atoms with Crippen molar-refractivity contribution in [3.05, 3.63) is 16.0 Å². The van der Waals surface area contributed by atoms with Crippen LogP contribution >= 0.6 is 11.3 Å². The van der Waals surface area contributed by atoms with E-state index in [2.05, 4.69) is 12.2 Å². The molecule has 0 aromatic carbocycles. The van der Waals surface area contributed by atoms with Gasteiger partial charge in [0, 0.05) is 4.88 Å². The van der Waals surface area contributed by atoms with E-state index in [1.807, 2.05) is 0 Å². The number of carboxylic acids is 1. The van der Waals surface area contributed by atoms with Gasteiger partial charge in [0.05, 0.1) is 16.8 Å². The van der Waals surface area contributed by atoms with Crippen molar-refractivity contribution in [1.82, 2.24) is 0 Å². The van der Waals surface area contributed by atoms with Crippen molar-refractivity contribution >= 4 is 28.2 Å². The van der Waals surface area contributed by atoms with Gasteiger partial charge in [-0.05, 0) is 50.2 Å². The molecule has 1 saturated carbocycles. The first-order valence-electron chi connectivity index (χ1n) is 6.72. The van der Waals surface area contributed by atoms with Gasteiger partial charge in [-0.25, -0.2) is 0 Å². The molecular weight excluding hydrogens is 262 g/mol. The van der Waals surface area contributed by atoms with E-state index < -0.39 is 11.9 Å². The second-order valence-corrected chi connectivity index (χ2v) is 6.55. The average molecular weight is 279 g/mol. The number of carbonyl (C=O) groups excluding carboxylic acids is 1. The molecule has 2 aliphatic rings. The minimum Gasteiger partial charge on any atom is -0.481 e. The maximum Gasteiger partial charge on any atom is 0.307 e. The van der Waals surface area contributed by atoms with Crippen LogP contribution < -0.4 is 5.32 Å². The smallest absolute Gasteiger partial charge is 0.307 e. The number of hydrogen-bond acceptors (Lipinski definition) is 3. The lowest BCUT2D eigenvalue weighted by molar-refractivity contribution is -0.139. The molecule has 0 aliphatic heterocycles. The lowest BCUT2D eigenvalue weighted by Gasteiger charge is -2.10. The van der Waals surface area contributed by atoms with Crippen LogP contribution in [0.1, 0.15) is 35.3 Å². The number of nitrogens with one attached hydrogen (secondary N) is 1. The molecule has 0 bridgehead atoms. The van der Waals surface area contributed by atoms with Crippen molar-refractivity contribution in [3.8, 4) is 0 Å². The van der Waals surface area contributed by atoms with Gasteiger partial charge in [-0.1, -0.05) is 0 Å². The number of aliphatic carboxylic acids is 1. The summed E-state index contributed by atoms with van der Waals surface area (Å²) in [5.41, 5.74) is 2.58. The number of aryl methyl sites for hydroxylation is 1. The van der Waals surface area contributed by atoms with Gasteiger partial charge < -0.3 is 10.4 Å². The van der Waals surface area contributed by atoms with E-state index in [4.69, 9.17) is 5.11 Å². The number of fused-ring (bicyclic) bond motifs is 1. The van der Waals surface area contributed by atoms with Crippen LogP contribution in [-0.4, -0.2) is 17.0 Å². The SMILES string of the molecule is Cc1c(NC(=O)[C@@H]2C[C@H]2C(=O)O)sc2c1CCCC2. The molecule has 102 valence electrons. The molecule has 3 rings (SSSR count). The van der Waals surface area contributed by atoms with Crippen LogP contribution in [0.5, 0.6) is 0 Å². The largest absolute Gasteiger partial charge is 0.481 e. The quantitative estimate of drug-likeness (QED) is 0.893. The Morgan fingerprint density at radius 3 is 2.63 bits per heavy atom. The molecule has 1 fully saturated rings. The summed E-state index contributed by atoms with van der Waals surface area (Å²) in [7, 11) is 0. The summed E-state index contributed by atoms with van der Waals surface area (Å²) < 4.78 is 0. The van der Waals surface area contributed by atoms with Crippen LogP contribution in [0.3, 0.4) is 0 Å². The van der Waals surface area contributed by atoms with Crippen LogP contribution in [0.25, 0.3) is 0 Å². The first kappa shape index (κ1) is 12.7. The Bertz CT molecular complexity index is 549. The zero-order valence-corrected chi connectivity index (χ0v) is 11.7. The van der Waals surface area contributed by atoms with Gasteiger partial charge in [0.1, 0.15) is 0 Å². The molecule has 0 spiro atoms. The third-order valence-electron chi connectivity index (χ3n) is 4.12. The predicted octanol–water partition coefficient (Wildman–Crippen LogP) is 2.59. The van der Waals surface area contributed by atoms with Gasteiger partial charge in [0.25, 0.3) is 0 Å². The molecule has 1 aromatic rings. The van der Waals surface area contributed by atoms with Crippen molar-refractivity contribution in [2.75, 3.05) is 5.32 Å². The summed E-state index contributed by atoms with van der Waals surface area (Å²) >= 11 is 1.67. The highest BCUT2D eigenvalue weighted by atomic mass is 32.1. The highest BCUT2D eigenvalue weighted by Gasteiger charge is 2.48. The van der Waals surface area contributed by atoms with E-state index in [-0.39, 0.29) is 11.8 Å². The number of carbonyl (C=O) groups is 2. The number of carboxylic acid groups (broad SMARTS) is 1. The van der Waals surface area contributed by atoms with E-state index >= 15 is 0 Å². The third-order valence-corrected chi connectivity index (χ3v) is 5.43. The summed E-state index contributed by atoms with van der Waals surface area (Å²) in [5.74, 6) is -1.80. The number of thiophene rings is 1. The summed E-state index contributed by atoms with van der Waals surface area (Å²) in [6, 6.07) is 0. The van der Waals surface area contributed by atoms with Gasteiger partial charge in [-0.2, -0.15) is 0 Å². The lowest BCUT2D eigenvalue weighted by Crippen LogP contribution is -2.16. The Balaban J connectivity index is 1.72. The standard InChI is InChI=1S/C14H17NO3S/c1-7-8-4-2-3-5-11(8)19-13(7)15-12(16)9-6-10(9)14(17)18/h9-10H,2-6H2,1H3,(H,15,16)(H,17,18)/t9-,10-/m1/s1. The molecule has 2 aliphatic carbocycles. The molecule has 19 heavy (non-hydrogen) atoms. The first-order chi connectivity index (χ1) is 9.08. The van der Waals surface area contributed by atoms with Crippen molar-refractivity contribution in [2.45, 2.75) is 39.0 Å². The predicted molar refractivity (Wildman–Crippen MR) is 73.6 cm³/mol. The van der Waals surface area contributed by atoms with E-state index in [1.165, 1.54) is 28.8 Å². The molecule has 2 atom stereocenters. The fourth-order valence-corrected chi connectivity index (χ4v) is 4.10. The maximum atomic E-state index is 12.0. The van der Waals surface area contributed by atoms with Gasteiger partial charge >= 0.3 is 5.97 Å². The van der Waals surface area contributed by atoms with Crippen LogP contribution in [0, 0.1) is 18.8 Å². The van der Waals surface area contributed by atoms with Crippen molar-refractivity contribution in [3.63, 3.8) is 0 Å². The lowest BCUT2D eigenvalue weighted by atomic mass is 9.96. The van der Waals surface area contributed by atoms with Crippen LogP contribution in [0.15, 0.2) is 0 Å². The number of hydrogen-bond donors (Lipinski definition) is 2. The maximum absolute atomic E-state index is 12.0. The van der Waals surface area contributed by atoms with Crippen molar-refractivity contribution in [2.24, 2.45) is 11.8 Å². The van der Waals surface area contributed by atoms with Gasteiger partial charge in [0.15, 0.2) is 0 Å². The highest BCUT2D eigenvalue weighted by Crippen LogP contribution is 2.42. The normalized spacial score (nSPS) is 24.7. The second kappa shape index (κ2) is 4.63. The van der Waals surface area contributed by atoms with E-state index in [0.717, 1.165) is 17.8 Å². The van der Waals surface area contributed by atoms with E-state index in [1.54, 1.807) is 11.3 Å². The van der Waals surface area contributed by atoms with E-state index in [0.29, 0.717) is 6.42 Å². The Morgan fingerprint density at radius 1 is 1.26 bits per heavy atom. The third kappa shape index (κ3) is 2.27. The Labute approximate surface area is 115 Å². The highest BCUT2D eigenvalue weighted by molar-refractivity contribution is 7.16. The molecule has 1 amide bonds. The molecule has 0 unspecified atom stereocenters. The van der Waals surface area contributed by atoms with Gasteiger partial charge in [0.2, 0.25) is 5.91 Å². The molecular formula is C14H17NO3S. The molecule has 0 radical (unpaired) electrons. The van der Waals surface area contributed by atoms with Crippen LogP contribution in [0.4, 0.5) is 5.00 Å². The summed E-state index contributed by atoms with van der Waals surface area (Å²) in [6.07, 6.45) is 5.14. The zero-order valence-electron chi connectivity index (χ0n) is 10.9. The molecule has 4 nitrogen and oxygen atoms in total. The van der Waals surface area contributed by atoms with Gasteiger partial charge in [-0.15, -0.1) is 11.3 Å². The number of anilines is 1. The summed E-state index contributed by atoms with van der Waals surface area (Å²) in [4.78, 5) is 24.2. The summed E-state index contributed by atoms with van der Waals surface area (Å²) in [5, 5.41) is 12.7. The topological polar surface area (TPSA) is 66.4 Å². The number of amides is 1. The fraction of sp³-hybridized carbons (Fsp3) is 0.571. The molecule has 1 heterocycles. The monoisotopic (exact) mass is 279 g/mol.